The average Bonchev–Trinajstić information content (AvgIpc) is 2.53. The van der Waals surface area contributed by atoms with Gasteiger partial charge in [-0.05, 0) is 24.7 Å². The quantitative estimate of drug-likeness (QED) is 0.630. The molecule has 3 atom stereocenters. The summed E-state index contributed by atoms with van der Waals surface area (Å²) >= 11 is 0. The fourth-order valence-electron chi connectivity index (χ4n) is 2.57. The van der Waals surface area contributed by atoms with Crippen LogP contribution in [0.1, 0.15) is 34.1 Å². The minimum Gasteiger partial charge on any atom is -0.333 e. The average molecular weight is 196 g/mol. The molecule has 0 aromatic heterocycles. The Bertz CT molecular complexity index is 257. The molecule has 2 amide bonds. The third kappa shape index (κ3) is 1.39. The van der Waals surface area contributed by atoms with Crippen molar-refractivity contribution in [2.45, 2.75) is 46.2 Å². The summed E-state index contributed by atoms with van der Waals surface area (Å²) in [4.78, 5) is 13.6. The van der Waals surface area contributed by atoms with Crippen LogP contribution in [0.3, 0.4) is 0 Å². The van der Waals surface area contributed by atoms with Gasteiger partial charge in [-0.15, -0.1) is 0 Å². The lowest BCUT2D eigenvalue weighted by molar-refractivity contribution is 0.204. The van der Waals surface area contributed by atoms with Crippen molar-refractivity contribution in [3.8, 4) is 0 Å². The van der Waals surface area contributed by atoms with Crippen LogP contribution < -0.4 is 5.32 Å². The van der Waals surface area contributed by atoms with Crippen molar-refractivity contribution in [2.24, 2.45) is 11.3 Å². The number of nitrogens with one attached hydrogen (secondary N) is 1. The third-order valence-electron chi connectivity index (χ3n) is 3.76. The minimum absolute atomic E-state index is 0.134. The van der Waals surface area contributed by atoms with E-state index in [1.54, 1.807) is 0 Å². The smallest absolute Gasteiger partial charge is 0.318 e. The molecule has 3 nitrogen and oxygen atoms in total. The van der Waals surface area contributed by atoms with Crippen LogP contribution in [0, 0.1) is 11.3 Å². The van der Waals surface area contributed by atoms with Crippen LogP contribution >= 0.6 is 0 Å². The van der Waals surface area contributed by atoms with E-state index in [-0.39, 0.29) is 6.03 Å². The van der Waals surface area contributed by atoms with Crippen LogP contribution in [-0.4, -0.2) is 29.6 Å². The molecule has 2 aliphatic heterocycles. The number of urea groups is 1. The molecule has 0 spiro atoms. The zero-order valence-electron chi connectivity index (χ0n) is 9.50. The monoisotopic (exact) mass is 196 g/mol. The SMILES string of the molecule is CC1NC(=O)N2CC(C(C)(C)C)CC12. The fraction of sp³-hybridized carbons (Fsp3) is 0.909. The number of amides is 2. The molecule has 0 bridgehead atoms. The normalized spacial score (nSPS) is 37.3. The predicted octanol–water partition coefficient (Wildman–Crippen LogP) is 1.83. The van der Waals surface area contributed by atoms with E-state index < -0.39 is 0 Å². The summed E-state index contributed by atoms with van der Waals surface area (Å²) in [6.45, 7) is 9.84. The number of nitrogens with zero attached hydrogens (tertiary/aromatic N) is 1. The molecule has 2 fully saturated rings. The molecule has 1 N–H and O–H groups in total. The molecule has 2 rings (SSSR count). The fourth-order valence-corrected chi connectivity index (χ4v) is 2.57. The van der Waals surface area contributed by atoms with E-state index in [0.717, 1.165) is 13.0 Å². The molecular weight excluding hydrogens is 176 g/mol. The second kappa shape index (κ2) is 2.88. The maximum atomic E-state index is 11.6. The van der Waals surface area contributed by atoms with E-state index in [4.69, 9.17) is 0 Å². The van der Waals surface area contributed by atoms with Crippen molar-refractivity contribution < 1.29 is 4.79 Å². The van der Waals surface area contributed by atoms with Crippen molar-refractivity contribution in [3.05, 3.63) is 0 Å². The second-order valence-electron chi connectivity index (χ2n) is 5.76. The van der Waals surface area contributed by atoms with Gasteiger partial charge < -0.3 is 10.2 Å². The van der Waals surface area contributed by atoms with E-state index in [9.17, 15) is 4.79 Å². The standard InChI is InChI=1S/C11H20N2O/c1-7-9-5-8(11(2,3)4)6-13(9)10(14)12-7/h7-9H,5-6H2,1-4H3,(H,12,14). The number of fused-ring (bicyclic) bond motifs is 1. The lowest BCUT2D eigenvalue weighted by Crippen LogP contribution is -2.32. The van der Waals surface area contributed by atoms with Crippen LogP contribution in [0.4, 0.5) is 4.79 Å². The van der Waals surface area contributed by atoms with E-state index in [1.165, 1.54) is 0 Å². The molecule has 0 aliphatic carbocycles. The number of carbonyl (C=O) groups is 1. The van der Waals surface area contributed by atoms with Gasteiger partial charge in [0.2, 0.25) is 0 Å². The summed E-state index contributed by atoms with van der Waals surface area (Å²) in [6, 6.07) is 0.899. The van der Waals surface area contributed by atoms with Crippen LogP contribution in [0.2, 0.25) is 0 Å². The molecule has 0 saturated carbocycles. The van der Waals surface area contributed by atoms with Crippen molar-refractivity contribution >= 4 is 6.03 Å². The Labute approximate surface area is 85.8 Å². The molecule has 3 heteroatoms. The highest BCUT2D eigenvalue weighted by molar-refractivity contribution is 5.78. The molecule has 2 heterocycles. The van der Waals surface area contributed by atoms with Crippen molar-refractivity contribution in [1.29, 1.82) is 0 Å². The van der Waals surface area contributed by atoms with E-state index in [0.29, 0.717) is 23.4 Å². The zero-order valence-corrected chi connectivity index (χ0v) is 9.50. The summed E-state index contributed by atoms with van der Waals surface area (Å²) in [5.41, 5.74) is 0.324. The Hall–Kier alpha value is -0.730. The molecule has 80 valence electrons. The zero-order chi connectivity index (χ0) is 10.5. The number of hydrogen-bond donors (Lipinski definition) is 1. The minimum atomic E-state index is 0.134. The molecule has 3 unspecified atom stereocenters. The number of carbonyl (C=O) groups excluding carboxylic acids is 1. The first-order chi connectivity index (χ1) is 6.39. The van der Waals surface area contributed by atoms with Gasteiger partial charge in [0.15, 0.2) is 0 Å². The summed E-state index contributed by atoms with van der Waals surface area (Å²) < 4.78 is 0. The Morgan fingerprint density at radius 3 is 2.57 bits per heavy atom. The van der Waals surface area contributed by atoms with Gasteiger partial charge in [0.25, 0.3) is 0 Å². The first-order valence-corrected chi connectivity index (χ1v) is 5.46. The Morgan fingerprint density at radius 2 is 2.07 bits per heavy atom. The summed E-state index contributed by atoms with van der Waals surface area (Å²) in [6.07, 6.45) is 1.16. The Balaban J connectivity index is 2.11. The molecule has 14 heavy (non-hydrogen) atoms. The van der Waals surface area contributed by atoms with Gasteiger partial charge in [0, 0.05) is 12.6 Å². The van der Waals surface area contributed by atoms with Crippen LogP contribution in [0.15, 0.2) is 0 Å². The van der Waals surface area contributed by atoms with Gasteiger partial charge in [-0.3, -0.25) is 0 Å². The molecule has 2 aliphatic rings. The van der Waals surface area contributed by atoms with Gasteiger partial charge >= 0.3 is 6.03 Å². The topological polar surface area (TPSA) is 32.3 Å². The number of rotatable bonds is 0. The van der Waals surface area contributed by atoms with Gasteiger partial charge in [0.1, 0.15) is 0 Å². The summed E-state index contributed by atoms with van der Waals surface area (Å²) in [5, 5.41) is 2.98. The van der Waals surface area contributed by atoms with E-state index in [2.05, 4.69) is 33.0 Å². The maximum absolute atomic E-state index is 11.6. The highest BCUT2D eigenvalue weighted by Crippen LogP contribution is 2.39. The van der Waals surface area contributed by atoms with E-state index >= 15 is 0 Å². The van der Waals surface area contributed by atoms with Crippen LogP contribution in [0.5, 0.6) is 0 Å². The Kier molecular flexibility index (Phi) is 2.02. The largest absolute Gasteiger partial charge is 0.333 e. The molecule has 0 aromatic carbocycles. The lowest BCUT2D eigenvalue weighted by atomic mass is 9.79. The van der Waals surface area contributed by atoms with E-state index in [1.807, 2.05) is 4.90 Å². The second-order valence-corrected chi connectivity index (χ2v) is 5.76. The first-order valence-electron chi connectivity index (χ1n) is 5.46. The third-order valence-corrected chi connectivity index (χ3v) is 3.76. The highest BCUT2D eigenvalue weighted by Gasteiger charge is 2.46. The molecule has 0 radical (unpaired) electrons. The Morgan fingerprint density at radius 1 is 1.43 bits per heavy atom. The highest BCUT2D eigenvalue weighted by atomic mass is 16.2. The van der Waals surface area contributed by atoms with Crippen LogP contribution in [0.25, 0.3) is 0 Å². The van der Waals surface area contributed by atoms with Gasteiger partial charge in [-0.25, -0.2) is 4.79 Å². The molecule has 2 saturated heterocycles. The summed E-state index contributed by atoms with van der Waals surface area (Å²) in [5.74, 6) is 0.654. The van der Waals surface area contributed by atoms with Crippen molar-refractivity contribution in [1.82, 2.24) is 10.2 Å². The van der Waals surface area contributed by atoms with Crippen molar-refractivity contribution in [3.63, 3.8) is 0 Å². The maximum Gasteiger partial charge on any atom is 0.318 e. The van der Waals surface area contributed by atoms with Gasteiger partial charge in [-0.1, -0.05) is 20.8 Å². The van der Waals surface area contributed by atoms with Gasteiger partial charge in [0.05, 0.1) is 6.04 Å². The first kappa shape index (κ1) is 9.81. The molecule has 0 aromatic rings. The summed E-state index contributed by atoms with van der Waals surface area (Å²) in [7, 11) is 0. The lowest BCUT2D eigenvalue weighted by Gasteiger charge is -2.27. The predicted molar refractivity (Wildman–Crippen MR) is 56.0 cm³/mol. The molecular formula is C11H20N2O. The number of hydrogen-bond acceptors (Lipinski definition) is 1. The van der Waals surface area contributed by atoms with Gasteiger partial charge in [-0.2, -0.15) is 0 Å². The van der Waals surface area contributed by atoms with Crippen LogP contribution in [-0.2, 0) is 0 Å². The van der Waals surface area contributed by atoms with Crippen molar-refractivity contribution in [2.75, 3.05) is 6.54 Å².